The molecular formula is C23H34N6O5. The van der Waals surface area contributed by atoms with Crippen molar-refractivity contribution in [3.05, 3.63) is 33.9 Å². The molecule has 0 saturated carbocycles. The fourth-order valence-corrected chi connectivity index (χ4v) is 4.25. The van der Waals surface area contributed by atoms with Gasteiger partial charge in [-0.25, -0.2) is 0 Å². The van der Waals surface area contributed by atoms with Crippen molar-refractivity contribution in [1.29, 1.82) is 0 Å². The molecule has 2 heterocycles. The Kier molecular flexibility index (Phi) is 8.43. The summed E-state index contributed by atoms with van der Waals surface area (Å²) in [6.07, 6.45) is 0.869. The second-order valence-corrected chi connectivity index (χ2v) is 8.90. The number of hydrogen-bond acceptors (Lipinski definition) is 7. The Morgan fingerprint density at radius 3 is 2.21 bits per heavy atom. The van der Waals surface area contributed by atoms with Crippen LogP contribution < -0.4 is 10.2 Å². The van der Waals surface area contributed by atoms with E-state index in [9.17, 15) is 24.5 Å². The lowest BCUT2D eigenvalue weighted by Crippen LogP contribution is -2.51. The molecule has 34 heavy (non-hydrogen) atoms. The summed E-state index contributed by atoms with van der Waals surface area (Å²) in [5, 5.41) is 14.7. The number of nitro groups is 1. The summed E-state index contributed by atoms with van der Waals surface area (Å²) in [5.74, 6) is -0.282. The minimum absolute atomic E-state index is 0.00802. The molecular weight excluding hydrogens is 440 g/mol. The van der Waals surface area contributed by atoms with Crippen molar-refractivity contribution in [2.75, 3.05) is 63.8 Å². The monoisotopic (exact) mass is 474 g/mol. The van der Waals surface area contributed by atoms with Gasteiger partial charge in [0, 0.05) is 77.0 Å². The van der Waals surface area contributed by atoms with Crippen LogP contribution in [0.4, 0.5) is 11.4 Å². The summed E-state index contributed by atoms with van der Waals surface area (Å²) in [4.78, 5) is 55.3. The van der Waals surface area contributed by atoms with Gasteiger partial charge in [0.2, 0.25) is 11.8 Å². The first-order chi connectivity index (χ1) is 16.2. The molecule has 1 unspecified atom stereocenters. The van der Waals surface area contributed by atoms with Crippen LogP contribution in [0.25, 0.3) is 0 Å². The molecule has 2 aliphatic rings. The Morgan fingerprint density at radius 2 is 1.65 bits per heavy atom. The van der Waals surface area contributed by atoms with Crippen molar-refractivity contribution in [2.24, 2.45) is 0 Å². The highest BCUT2D eigenvalue weighted by molar-refractivity contribution is 5.96. The summed E-state index contributed by atoms with van der Waals surface area (Å²) >= 11 is 0. The van der Waals surface area contributed by atoms with Gasteiger partial charge in [-0.15, -0.1) is 0 Å². The van der Waals surface area contributed by atoms with Crippen molar-refractivity contribution in [3.63, 3.8) is 0 Å². The molecule has 1 aromatic carbocycles. The molecule has 0 aliphatic carbocycles. The number of amides is 3. The average molecular weight is 475 g/mol. The largest absolute Gasteiger partial charge is 0.362 e. The van der Waals surface area contributed by atoms with E-state index in [4.69, 9.17) is 0 Å². The zero-order valence-corrected chi connectivity index (χ0v) is 20.2. The maximum atomic E-state index is 13.0. The molecule has 1 atom stereocenters. The Morgan fingerprint density at radius 1 is 1.03 bits per heavy atom. The molecule has 11 nitrogen and oxygen atoms in total. The number of piperazine rings is 2. The fraction of sp³-hybridized carbons (Fsp3) is 0.609. The summed E-state index contributed by atoms with van der Waals surface area (Å²) in [7, 11) is 0. The van der Waals surface area contributed by atoms with Gasteiger partial charge in [-0.2, -0.15) is 0 Å². The first kappa shape index (κ1) is 25.4. The van der Waals surface area contributed by atoms with Gasteiger partial charge in [0.1, 0.15) is 5.69 Å². The second kappa shape index (κ2) is 11.3. The number of benzene rings is 1. The highest BCUT2D eigenvalue weighted by Crippen LogP contribution is 2.30. The number of carbonyl (C=O) groups excluding carboxylic acids is 3. The quantitative estimate of drug-likeness (QED) is 0.461. The van der Waals surface area contributed by atoms with E-state index in [1.807, 2.05) is 23.6 Å². The van der Waals surface area contributed by atoms with Crippen molar-refractivity contribution in [3.8, 4) is 0 Å². The predicted octanol–water partition coefficient (Wildman–Crippen LogP) is 0.936. The molecule has 0 aromatic heterocycles. The number of nitrogens with zero attached hydrogens (tertiary/aromatic N) is 5. The van der Waals surface area contributed by atoms with E-state index < -0.39 is 4.92 Å². The number of carbonyl (C=O) groups is 3. The minimum atomic E-state index is -0.461. The van der Waals surface area contributed by atoms with Gasteiger partial charge in [-0.3, -0.25) is 29.4 Å². The van der Waals surface area contributed by atoms with Crippen LogP contribution in [0.15, 0.2) is 18.2 Å². The third-order valence-electron chi connectivity index (χ3n) is 6.53. The SMILES string of the molecule is CCC(C)NC(=O)CN1CCN(C(=O)c2ccc(N3CCN(C(C)=O)CC3)c([N+](=O)[O-])c2)CC1. The van der Waals surface area contributed by atoms with E-state index in [0.29, 0.717) is 64.6 Å². The third-order valence-corrected chi connectivity index (χ3v) is 6.53. The van der Waals surface area contributed by atoms with Gasteiger partial charge < -0.3 is 20.0 Å². The summed E-state index contributed by atoms with van der Waals surface area (Å²) in [6, 6.07) is 4.74. The predicted molar refractivity (Wildman–Crippen MR) is 128 cm³/mol. The van der Waals surface area contributed by atoms with E-state index in [2.05, 4.69) is 5.32 Å². The van der Waals surface area contributed by atoms with Gasteiger partial charge in [0.15, 0.2) is 0 Å². The Labute approximate surface area is 199 Å². The third kappa shape index (κ3) is 6.22. The first-order valence-electron chi connectivity index (χ1n) is 11.8. The molecule has 0 spiro atoms. The Bertz CT molecular complexity index is 922. The zero-order valence-electron chi connectivity index (χ0n) is 20.2. The average Bonchev–Trinajstić information content (AvgIpc) is 2.83. The maximum Gasteiger partial charge on any atom is 0.293 e. The van der Waals surface area contributed by atoms with Gasteiger partial charge in [0.25, 0.3) is 11.6 Å². The molecule has 2 saturated heterocycles. The molecule has 1 N–H and O–H groups in total. The highest BCUT2D eigenvalue weighted by atomic mass is 16.6. The summed E-state index contributed by atoms with van der Waals surface area (Å²) in [5.41, 5.74) is 0.630. The molecule has 1 aromatic rings. The van der Waals surface area contributed by atoms with Crippen molar-refractivity contribution in [2.45, 2.75) is 33.2 Å². The van der Waals surface area contributed by atoms with Gasteiger partial charge in [-0.1, -0.05) is 6.92 Å². The Hall–Kier alpha value is -3.21. The second-order valence-electron chi connectivity index (χ2n) is 8.90. The first-order valence-corrected chi connectivity index (χ1v) is 11.8. The van der Waals surface area contributed by atoms with Crippen molar-refractivity contribution in [1.82, 2.24) is 20.0 Å². The zero-order chi connectivity index (χ0) is 24.8. The number of nitrogens with one attached hydrogen (secondary N) is 1. The summed E-state index contributed by atoms with van der Waals surface area (Å²) in [6.45, 7) is 9.85. The normalized spacial score (nSPS) is 17.9. The minimum Gasteiger partial charge on any atom is -0.362 e. The van der Waals surface area contributed by atoms with Crippen LogP contribution >= 0.6 is 0 Å². The van der Waals surface area contributed by atoms with Gasteiger partial charge >= 0.3 is 0 Å². The molecule has 0 bridgehead atoms. The molecule has 0 radical (unpaired) electrons. The number of rotatable bonds is 7. The lowest BCUT2D eigenvalue weighted by molar-refractivity contribution is -0.384. The molecule has 186 valence electrons. The lowest BCUT2D eigenvalue weighted by Gasteiger charge is -2.35. The van der Waals surface area contributed by atoms with Crippen molar-refractivity contribution >= 4 is 29.1 Å². The van der Waals surface area contributed by atoms with E-state index in [0.717, 1.165) is 6.42 Å². The number of hydrogen-bond donors (Lipinski definition) is 1. The van der Waals surface area contributed by atoms with Crippen LogP contribution in [0.1, 0.15) is 37.6 Å². The van der Waals surface area contributed by atoms with Crippen LogP contribution in [-0.4, -0.2) is 102 Å². The number of nitro benzene ring substituents is 1. The number of anilines is 1. The van der Waals surface area contributed by atoms with Gasteiger partial charge in [0.05, 0.1) is 11.5 Å². The molecule has 2 fully saturated rings. The Balaban J connectivity index is 1.61. The van der Waals surface area contributed by atoms with E-state index in [-0.39, 0.29) is 35.0 Å². The summed E-state index contributed by atoms with van der Waals surface area (Å²) < 4.78 is 0. The van der Waals surface area contributed by atoms with Gasteiger partial charge in [-0.05, 0) is 25.5 Å². The van der Waals surface area contributed by atoms with E-state index >= 15 is 0 Å². The van der Waals surface area contributed by atoms with E-state index in [1.165, 1.54) is 13.0 Å². The van der Waals surface area contributed by atoms with Crippen LogP contribution in [0.5, 0.6) is 0 Å². The molecule has 2 aliphatic heterocycles. The van der Waals surface area contributed by atoms with Crippen LogP contribution in [0.2, 0.25) is 0 Å². The van der Waals surface area contributed by atoms with Crippen LogP contribution in [-0.2, 0) is 9.59 Å². The molecule has 11 heteroatoms. The van der Waals surface area contributed by atoms with Crippen LogP contribution in [0.3, 0.4) is 0 Å². The van der Waals surface area contributed by atoms with E-state index in [1.54, 1.807) is 21.9 Å². The lowest BCUT2D eigenvalue weighted by atomic mass is 10.1. The smallest absolute Gasteiger partial charge is 0.293 e. The topological polar surface area (TPSA) is 119 Å². The van der Waals surface area contributed by atoms with Crippen molar-refractivity contribution < 1.29 is 19.3 Å². The fourth-order valence-electron chi connectivity index (χ4n) is 4.25. The molecule has 3 amide bonds. The standard InChI is InChI=1S/C23H34N6O5/c1-4-17(2)24-22(31)16-25-7-9-28(10-8-25)23(32)19-5-6-20(21(15-19)29(33)34)27-13-11-26(12-14-27)18(3)30/h5-6,15,17H,4,7-14,16H2,1-3H3,(H,24,31). The highest BCUT2D eigenvalue weighted by Gasteiger charge is 2.28. The molecule has 3 rings (SSSR count). The van der Waals surface area contributed by atoms with Crippen LogP contribution in [0, 0.1) is 10.1 Å². The maximum absolute atomic E-state index is 13.0.